The van der Waals surface area contributed by atoms with Crippen molar-refractivity contribution in [2.24, 2.45) is 0 Å². The summed E-state index contributed by atoms with van der Waals surface area (Å²) < 4.78 is 15.9. The minimum atomic E-state index is -0.299. The van der Waals surface area contributed by atoms with E-state index in [0.717, 1.165) is 27.9 Å². The van der Waals surface area contributed by atoms with Gasteiger partial charge in [0, 0.05) is 47.5 Å². The Labute approximate surface area is 195 Å². The molecule has 1 aliphatic rings. The number of amides is 1. The smallest absolute Gasteiger partial charge is 0.274 e. The van der Waals surface area contributed by atoms with Gasteiger partial charge in [0.25, 0.3) is 5.91 Å². The van der Waals surface area contributed by atoms with E-state index in [1.54, 1.807) is 30.1 Å². The van der Waals surface area contributed by atoms with Crippen LogP contribution in [0.5, 0.6) is 0 Å². The van der Waals surface area contributed by atoms with Crippen LogP contribution >= 0.6 is 11.3 Å². The SMILES string of the molecule is Cc1ccc(-c2sc(-n3ncc4ccc(F)c(C)c43)nc2C(=O)N2CCC(N(C)C)C2)cn1. The summed E-state index contributed by atoms with van der Waals surface area (Å²) in [4.78, 5) is 27.5. The fourth-order valence-corrected chi connectivity index (χ4v) is 5.26. The lowest BCUT2D eigenvalue weighted by Gasteiger charge is -2.20. The van der Waals surface area contributed by atoms with Crippen LogP contribution in [0.1, 0.15) is 28.2 Å². The molecule has 0 aliphatic carbocycles. The van der Waals surface area contributed by atoms with Gasteiger partial charge in [-0.25, -0.2) is 14.1 Å². The molecule has 1 saturated heterocycles. The van der Waals surface area contributed by atoms with Crippen molar-refractivity contribution in [2.75, 3.05) is 27.2 Å². The summed E-state index contributed by atoms with van der Waals surface area (Å²) in [6.45, 7) is 5.01. The Kier molecular flexibility index (Phi) is 5.46. The van der Waals surface area contributed by atoms with E-state index in [4.69, 9.17) is 4.98 Å². The van der Waals surface area contributed by atoms with Crippen molar-refractivity contribution in [3.8, 4) is 15.6 Å². The normalized spacial score (nSPS) is 16.3. The number of carbonyl (C=O) groups excluding carboxylic acids is 1. The van der Waals surface area contributed by atoms with Crippen LogP contribution in [0.3, 0.4) is 0 Å². The molecule has 170 valence electrons. The molecule has 33 heavy (non-hydrogen) atoms. The maximum atomic E-state index is 14.3. The number of thiazole rings is 1. The molecule has 3 aromatic heterocycles. The van der Waals surface area contributed by atoms with E-state index in [0.29, 0.717) is 41.0 Å². The number of benzene rings is 1. The molecule has 4 aromatic rings. The van der Waals surface area contributed by atoms with Crippen LogP contribution in [0, 0.1) is 19.7 Å². The Morgan fingerprint density at radius 1 is 1.18 bits per heavy atom. The van der Waals surface area contributed by atoms with Gasteiger partial charge in [-0.3, -0.25) is 9.78 Å². The van der Waals surface area contributed by atoms with E-state index in [-0.39, 0.29) is 11.7 Å². The van der Waals surface area contributed by atoms with E-state index >= 15 is 0 Å². The molecular formula is C24H25FN6OS. The molecule has 1 aliphatic heterocycles. The summed E-state index contributed by atoms with van der Waals surface area (Å²) in [5.74, 6) is -0.399. The molecule has 0 N–H and O–H groups in total. The van der Waals surface area contributed by atoms with E-state index in [2.05, 4.69) is 15.0 Å². The zero-order chi connectivity index (χ0) is 23.3. The highest BCUT2D eigenvalue weighted by Gasteiger charge is 2.32. The van der Waals surface area contributed by atoms with Crippen LogP contribution in [-0.2, 0) is 0 Å². The lowest BCUT2D eigenvalue weighted by atomic mass is 10.1. The summed E-state index contributed by atoms with van der Waals surface area (Å²) >= 11 is 1.37. The molecule has 1 unspecified atom stereocenters. The number of nitrogens with zero attached hydrogens (tertiary/aromatic N) is 6. The molecule has 1 fully saturated rings. The highest BCUT2D eigenvalue weighted by molar-refractivity contribution is 7.17. The van der Waals surface area contributed by atoms with Gasteiger partial charge in [0.05, 0.1) is 16.6 Å². The molecule has 0 spiro atoms. The summed E-state index contributed by atoms with van der Waals surface area (Å²) in [6, 6.07) is 7.35. The van der Waals surface area contributed by atoms with Crippen LogP contribution in [0.4, 0.5) is 4.39 Å². The first-order valence-corrected chi connectivity index (χ1v) is 11.7. The number of likely N-dealkylation sites (N-methyl/N-ethyl adjacent to an activating group) is 1. The highest BCUT2D eigenvalue weighted by atomic mass is 32.1. The predicted molar refractivity (Wildman–Crippen MR) is 127 cm³/mol. The summed E-state index contributed by atoms with van der Waals surface area (Å²) in [5.41, 5.74) is 3.27. The quantitative estimate of drug-likeness (QED) is 0.455. The first-order chi connectivity index (χ1) is 15.8. The maximum Gasteiger partial charge on any atom is 0.274 e. The van der Waals surface area contributed by atoms with Crippen LogP contribution in [0.25, 0.3) is 26.5 Å². The Morgan fingerprint density at radius 3 is 2.70 bits per heavy atom. The second kappa shape index (κ2) is 8.31. The Bertz CT molecular complexity index is 1340. The van der Waals surface area contributed by atoms with Gasteiger partial charge in [0.1, 0.15) is 11.5 Å². The van der Waals surface area contributed by atoms with E-state index < -0.39 is 0 Å². The second-order valence-corrected chi connectivity index (χ2v) is 9.66. The number of likely N-dealkylation sites (tertiary alicyclic amines) is 1. The zero-order valence-electron chi connectivity index (χ0n) is 19.0. The minimum Gasteiger partial charge on any atom is -0.336 e. The zero-order valence-corrected chi connectivity index (χ0v) is 19.9. The lowest BCUT2D eigenvalue weighted by molar-refractivity contribution is 0.0779. The van der Waals surface area contributed by atoms with Crippen molar-refractivity contribution in [1.82, 2.24) is 29.5 Å². The topological polar surface area (TPSA) is 67.2 Å². The maximum absolute atomic E-state index is 14.3. The summed E-state index contributed by atoms with van der Waals surface area (Å²) in [5, 5.41) is 5.82. The molecule has 0 radical (unpaired) electrons. The van der Waals surface area contributed by atoms with Crippen molar-refractivity contribution in [3.63, 3.8) is 0 Å². The first-order valence-electron chi connectivity index (χ1n) is 10.9. The highest BCUT2D eigenvalue weighted by Crippen LogP contribution is 2.35. The number of carbonyl (C=O) groups is 1. The van der Waals surface area contributed by atoms with Gasteiger partial charge in [-0.15, -0.1) is 0 Å². The van der Waals surface area contributed by atoms with Crippen LogP contribution in [0.2, 0.25) is 0 Å². The molecule has 5 rings (SSSR count). The number of aromatic nitrogens is 4. The van der Waals surface area contributed by atoms with Gasteiger partial charge in [0.15, 0.2) is 0 Å². The molecule has 4 heterocycles. The summed E-state index contributed by atoms with van der Waals surface area (Å²) in [7, 11) is 4.07. The second-order valence-electron chi connectivity index (χ2n) is 8.69. The van der Waals surface area contributed by atoms with Gasteiger partial charge in [0.2, 0.25) is 5.13 Å². The Hall–Kier alpha value is -3.17. The van der Waals surface area contributed by atoms with E-state index in [9.17, 15) is 9.18 Å². The molecule has 1 aromatic carbocycles. The monoisotopic (exact) mass is 464 g/mol. The average Bonchev–Trinajstić information content (AvgIpc) is 3.54. The molecule has 0 saturated carbocycles. The number of halogens is 1. The number of fused-ring (bicyclic) bond motifs is 1. The predicted octanol–water partition coefficient (Wildman–Crippen LogP) is 4.08. The number of rotatable bonds is 4. The molecular weight excluding hydrogens is 439 g/mol. The van der Waals surface area contributed by atoms with Crippen LogP contribution in [0.15, 0.2) is 36.7 Å². The van der Waals surface area contributed by atoms with Crippen molar-refractivity contribution in [2.45, 2.75) is 26.3 Å². The van der Waals surface area contributed by atoms with Gasteiger partial charge in [-0.2, -0.15) is 5.10 Å². The molecule has 1 amide bonds. The minimum absolute atomic E-state index is 0.100. The van der Waals surface area contributed by atoms with Gasteiger partial charge in [-0.05, 0) is 52.6 Å². The molecule has 0 bridgehead atoms. The molecule has 7 nitrogen and oxygen atoms in total. The van der Waals surface area contributed by atoms with Crippen LogP contribution in [-0.4, -0.2) is 68.7 Å². The lowest BCUT2D eigenvalue weighted by Crippen LogP contribution is -2.34. The van der Waals surface area contributed by atoms with Gasteiger partial charge in [-0.1, -0.05) is 17.4 Å². The van der Waals surface area contributed by atoms with Gasteiger partial charge < -0.3 is 9.80 Å². The largest absolute Gasteiger partial charge is 0.336 e. The van der Waals surface area contributed by atoms with E-state index in [1.807, 2.05) is 38.1 Å². The van der Waals surface area contributed by atoms with Crippen molar-refractivity contribution >= 4 is 28.1 Å². The van der Waals surface area contributed by atoms with Crippen molar-refractivity contribution < 1.29 is 9.18 Å². The number of aryl methyl sites for hydroxylation is 2. The number of hydrogen-bond donors (Lipinski definition) is 0. The fraction of sp³-hybridized carbons (Fsp3) is 0.333. The van der Waals surface area contributed by atoms with Crippen molar-refractivity contribution in [1.29, 1.82) is 0 Å². The molecule has 1 atom stereocenters. The first kappa shape index (κ1) is 21.7. The third kappa shape index (κ3) is 3.81. The van der Waals surface area contributed by atoms with E-state index in [1.165, 1.54) is 17.4 Å². The number of pyridine rings is 1. The standard InChI is InChI=1S/C24H25FN6OS/c1-14-5-6-17(11-26-14)22-20(23(32)30-10-9-18(13-30)29(3)4)28-24(33-22)31-21-15(2)19(25)8-7-16(21)12-27-31/h5-8,11-12,18H,9-10,13H2,1-4H3. The Balaban J connectivity index is 1.63. The average molecular weight is 465 g/mol. The number of hydrogen-bond acceptors (Lipinski definition) is 6. The fourth-order valence-electron chi connectivity index (χ4n) is 4.24. The summed E-state index contributed by atoms with van der Waals surface area (Å²) in [6.07, 6.45) is 4.39. The third-order valence-electron chi connectivity index (χ3n) is 6.27. The Morgan fingerprint density at radius 2 is 2.00 bits per heavy atom. The van der Waals surface area contributed by atoms with Crippen molar-refractivity contribution in [3.05, 3.63) is 59.4 Å². The van der Waals surface area contributed by atoms with Crippen LogP contribution < -0.4 is 0 Å². The van der Waals surface area contributed by atoms with Gasteiger partial charge >= 0.3 is 0 Å². The third-order valence-corrected chi connectivity index (χ3v) is 7.35. The molecule has 9 heteroatoms.